The number of hydrogen-bond donors (Lipinski definition) is 2. The summed E-state index contributed by atoms with van der Waals surface area (Å²) in [7, 11) is 0. The van der Waals surface area contributed by atoms with Gasteiger partial charge in [-0.2, -0.15) is 0 Å². The maximum absolute atomic E-state index is 12.1. The van der Waals surface area contributed by atoms with Crippen molar-refractivity contribution in [1.82, 2.24) is 10.3 Å². The number of pyridine rings is 1. The van der Waals surface area contributed by atoms with Crippen LogP contribution in [0.5, 0.6) is 0 Å². The van der Waals surface area contributed by atoms with E-state index in [0.717, 1.165) is 34.1 Å². The van der Waals surface area contributed by atoms with Crippen LogP contribution in [0.3, 0.4) is 0 Å². The van der Waals surface area contributed by atoms with E-state index in [1.54, 1.807) is 12.3 Å². The number of anilines is 1. The van der Waals surface area contributed by atoms with Crippen LogP contribution in [-0.4, -0.2) is 23.3 Å². The molecule has 0 saturated heterocycles. The summed E-state index contributed by atoms with van der Waals surface area (Å²) in [5.74, 6) is -0.591. The molecule has 5 heteroatoms. The predicted molar refractivity (Wildman–Crippen MR) is 108 cm³/mol. The summed E-state index contributed by atoms with van der Waals surface area (Å²) in [4.78, 5) is 28.5. The number of carbonyl (C=O) groups excluding carboxylic acids is 2. The highest BCUT2D eigenvalue weighted by Gasteiger charge is 2.07. The summed E-state index contributed by atoms with van der Waals surface area (Å²) in [6.07, 6.45) is 5.66. The SMILES string of the molecule is CCc1ccccc1NC(=O)CNC(=O)/C=C/c1cccc2cccnc12. The van der Waals surface area contributed by atoms with Crippen molar-refractivity contribution in [2.75, 3.05) is 11.9 Å². The number of nitrogens with one attached hydrogen (secondary N) is 2. The fourth-order valence-electron chi connectivity index (χ4n) is 2.80. The maximum Gasteiger partial charge on any atom is 0.244 e. The third-order valence-electron chi connectivity index (χ3n) is 4.17. The van der Waals surface area contributed by atoms with Crippen molar-refractivity contribution in [2.45, 2.75) is 13.3 Å². The summed E-state index contributed by atoms with van der Waals surface area (Å²) in [6, 6.07) is 17.3. The van der Waals surface area contributed by atoms with Crippen molar-refractivity contribution in [2.24, 2.45) is 0 Å². The van der Waals surface area contributed by atoms with Gasteiger partial charge in [-0.3, -0.25) is 14.6 Å². The van der Waals surface area contributed by atoms with Crippen molar-refractivity contribution in [3.05, 3.63) is 78.0 Å². The Balaban J connectivity index is 1.57. The minimum Gasteiger partial charge on any atom is -0.343 e. The van der Waals surface area contributed by atoms with Gasteiger partial charge >= 0.3 is 0 Å². The van der Waals surface area contributed by atoms with E-state index >= 15 is 0 Å². The molecular weight excluding hydrogens is 338 g/mol. The van der Waals surface area contributed by atoms with Crippen molar-refractivity contribution in [3.63, 3.8) is 0 Å². The second-order valence-electron chi connectivity index (χ2n) is 6.03. The van der Waals surface area contributed by atoms with Gasteiger partial charge in [0.25, 0.3) is 0 Å². The Kier molecular flexibility index (Phi) is 5.94. The van der Waals surface area contributed by atoms with E-state index in [1.807, 2.05) is 61.5 Å². The number of aryl methyl sites for hydroxylation is 1. The Labute approximate surface area is 158 Å². The van der Waals surface area contributed by atoms with Gasteiger partial charge in [0, 0.05) is 28.9 Å². The van der Waals surface area contributed by atoms with Crippen LogP contribution in [0.1, 0.15) is 18.1 Å². The Bertz CT molecular complexity index is 990. The van der Waals surface area contributed by atoms with E-state index in [2.05, 4.69) is 15.6 Å². The molecule has 136 valence electrons. The van der Waals surface area contributed by atoms with Crippen molar-refractivity contribution >= 4 is 34.5 Å². The molecule has 5 nitrogen and oxygen atoms in total. The van der Waals surface area contributed by atoms with Crippen LogP contribution < -0.4 is 10.6 Å². The zero-order valence-corrected chi connectivity index (χ0v) is 15.1. The first-order valence-corrected chi connectivity index (χ1v) is 8.85. The van der Waals surface area contributed by atoms with Crippen LogP contribution in [0.4, 0.5) is 5.69 Å². The molecule has 0 unspecified atom stereocenters. The number of nitrogens with zero attached hydrogens (tertiary/aromatic N) is 1. The van der Waals surface area contributed by atoms with E-state index in [0.29, 0.717) is 0 Å². The molecule has 0 fully saturated rings. The minimum atomic E-state index is -0.332. The lowest BCUT2D eigenvalue weighted by molar-refractivity contribution is -0.121. The molecule has 2 aromatic carbocycles. The van der Waals surface area contributed by atoms with Gasteiger partial charge in [-0.25, -0.2) is 0 Å². The van der Waals surface area contributed by atoms with Gasteiger partial charge in [-0.15, -0.1) is 0 Å². The van der Waals surface area contributed by atoms with Crippen LogP contribution >= 0.6 is 0 Å². The number of hydrogen-bond acceptors (Lipinski definition) is 3. The van der Waals surface area contributed by atoms with E-state index in [9.17, 15) is 9.59 Å². The van der Waals surface area contributed by atoms with Gasteiger partial charge in [0.1, 0.15) is 0 Å². The summed E-state index contributed by atoms with van der Waals surface area (Å²) in [5, 5.41) is 6.44. The molecule has 0 aliphatic carbocycles. The molecule has 0 atom stereocenters. The largest absolute Gasteiger partial charge is 0.343 e. The molecule has 0 bridgehead atoms. The fourth-order valence-corrected chi connectivity index (χ4v) is 2.80. The molecule has 1 heterocycles. The molecule has 0 aliphatic rings. The van der Waals surface area contributed by atoms with E-state index < -0.39 is 0 Å². The van der Waals surface area contributed by atoms with Gasteiger partial charge in [0.2, 0.25) is 11.8 Å². The third-order valence-corrected chi connectivity index (χ3v) is 4.17. The number of benzene rings is 2. The highest BCUT2D eigenvalue weighted by atomic mass is 16.2. The zero-order valence-electron chi connectivity index (χ0n) is 15.1. The van der Waals surface area contributed by atoms with Crippen molar-refractivity contribution < 1.29 is 9.59 Å². The summed E-state index contributed by atoms with van der Waals surface area (Å²) in [5.41, 5.74) is 3.51. The first-order valence-electron chi connectivity index (χ1n) is 8.85. The molecule has 27 heavy (non-hydrogen) atoms. The lowest BCUT2D eigenvalue weighted by Gasteiger charge is -2.09. The molecule has 2 amide bonds. The number of aromatic nitrogens is 1. The Morgan fingerprint density at radius 2 is 1.85 bits per heavy atom. The molecular formula is C22H21N3O2. The number of para-hydroxylation sites is 2. The molecule has 0 saturated carbocycles. The minimum absolute atomic E-state index is 0.0883. The van der Waals surface area contributed by atoms with Crippen LogP contribution in [0, 0.1) is 0 Å². The molecule has 1 aromatic heterocycles. The van der Waals surface area contributed by atoms with Gasteiger partial charge in [-0.05, 0) is 30.2 Å². The van der Waals surface area contributed by atoms with Gasteiger partial charge < -0.3 is 10.6 Å². The normalized spacial score (nSPS) is 10.9. The van der Waals surface area contributed by atoms with Crippen molar-refractivity contribution in [3.8, 4) is 0 Å². The van der Waals surface area contributed by atoms with E-state index in [1.165, 1.54) is 6.08 Å². The number of fused-ring (bicyclic) bond motifs is 1. The first-order chi connectivity index (χ1) is 13.2. The Hall–Kier alpha value is -3.47. The quantitative estimate of drug-likeness (QED) is 0.661. The lowest BCUT2D eigenvalue weighted by Crippen LogP contribution is -2.31. The van der Waals surface area contributed by atoms with Crippen LogP contribution in [0.2, 0.25) is 0 Å². The molecule has 3 aromatic rings. The average Bonchev–Trinajstić information content (AvgIpc) is 2.71. The zero-order chi connectivity index (χ0) is 19.1. The molecule has 0 aliphatic heterocycles. The highest BCUT2D eigenvalue weighted by molar-refractivity contribution is 5.99. The number of carbonyl (C=O) groups is 2. The first kappa shape index (κ1) is 18.3. The van der Waals surface area contributed by atoms with Gasteiger partial charge in [0.05, 0.1) is 12.1 Å². The fraction of sp³-hybridized carbons (Fsp3) is 0.136. The van der Waals surface area contributed by atoms with Crippen molar-refractivity contribution in [1.29, 1.82) is 0 Å². The van der Waals surface area contributed by atoms with Crippen LogP contribution in [0.15, 0.2) is 66.9 Å². The van der Waals surface area contributed by atoms with Crippen LogP contribution in [0.25, 0.3) is 17.0 Å². The summed E-state index contributed by atoms with van der Waals surface area (Å²) in [6.45, 7) is 1.94. The van der Waals surface area contributed by atoms with E-state index in [4.69, 9.17) is 0 Å². The monoisotopic (exact) mass is 359 g/mol. The average molecular weight is 359 g/mol. The molecule has 2 N–H and O–H groups in total. The maximum atomic E-state index is 12.1. The van der Waals surface area contributed by atoms with Gasteiger partial charge in [0.15, 0.2) is 0 Å². The van der Waals surface area contributed by atoms with Crippen LogP contribution in [-0.2, 0) is 16.0 Å². The predicted octanol–water partition coefficient (Wildman–Crippen LogP) is 3.57. The topological polar surface area (TPSA) is 71.1 Å². The Morgan fingerprint density at radius 3 is 2.70 bits per heavy atom. The second kappa shape index (κ2) is 8.76. The lowest BCUT2D eigenvalue weighted by atomic mass is 10.1. The standard InChI is InChI=1S/C22H21N3O2/c1-2-16-7-3-4-11-19(16)25-21(27)15-24-20(26)13-12-18-9-5-8-17-10-6-14-23-22(17)18/h3-14H,2,15H2,1H3,(H,24,26)(H,25,27)/b13-12+. The Morgan fingerprint density at radius 1 is 1.04 bits per heavy atom. The summed E-state index contributed by atoms with van der Waals surface area (Å²) >= 11 is 0. The van der Waals surface area contributed by atoms with E-state index in [-0.39, 0.29) is 18.4 Å². The number of rotatable bonds is 6. The number of amides is 2. The molecule has 0 radical (unpaired) electrons. The summed E-state index contributed by atoms with van der Waals surface area (Å²) < 4.78 is 0. The second-order valence-corrected chi connectivity index (χ2v) is 6.03. The van der Waals surface area contributed by atoms with Gasteiger partial charge in [-0.1, -0.05) is 49.4 Å². The third kappa shape index (κ3) is 4.79. The molecule has 0 spiro atoms. The smallest absolute Gasteiger partial charge is 0.244 e. The molecule has 3 rings (SSSR count). The highest BCUT2D eigenvalue weighted by Crippen LogP contribution is 2.17.